The Morgan fingerprint density at radius 1 is 1.44 bits per heavy atom. The van der Waals surface area contributed by atoms with E-state index in [0.29, 0.717) is 12.8 Å². The van der Waals surface area contributed by atoms with Crippen molar-refractivity contribution < 1.29 is 29.0 Å². The van der Waals surface area contributed by atoms with E-state index in [4.69, 9.17) is 9.47 Å². The molecule has 2 unspecified atom stereocenters. The maximum Gasteiger partial charge on any atom is 0.312 e. The number of nitrogens with one attached hydrogen (secondary N) is 1. The Morgan fingerprint density at radius 3 is 2.67 bits per heavy atom. The number of ether oxygens (including phenoxy) is 2. The number of rotatable bonds is 5. The molecule has 0 radical (unpaired) electrons. The SMILES string of the molecule is CCOC(=O)[C@@H]1[C@@H]2CCC3(O2)C(C(=O)NC(C)(C)C)N([C@H](C)CO)C(=O)[C@H]13. The van der Waals surface area contributed by atoms with Crippen LogP contribution in [0.4, 0.5) is 0 Å². The molecule has 0 aromatic heterocycles. The van der Waals surface area contributed by atoms with E-state index < -0.39 is 47.1 Å². The highest BCUT2D eigenvalue weighted by Crippen LogP contribution is 2.58. The van der Waals surface area contributed by atoms with Gasteiger partial charge in [-0.2, -0.15) is 0 Å². The lowest BCUT2D eigenvalue weighted by Gasteiger charge is -2.37. The van der Waals surface area contributed by atoms with Gasteiger partial charge in [0.15, 0.2) is 0 Å². The topological polar surface area (TPSA) is 105 Å². The monoisotopic (exact) mass is 382 g/mol. The molecule has 8 nitrogen and oxygen atoms in total. The van der Waals surface area contributed by atoms with Gasteiger partial charge < -0.3 is 24.8 Å². The molecule has 2 amide bonds. The van der Waals surface area contributed by atoms with Crippen molar-refractivity contribution in [2.75, 3.05) is 13.2 Å². The van der Waals surface area contributed by atoms with E-state index in [0.717, 1.165) is 0 Å². The number of hydrogen-bond donors (Lipinski definition) is 2. The zero-order valence-electron chi connectivity index (χ0n) is 16.7. The summed E-state index contributed by atoms with van der Waals surface area (Å²) in [6.45, 7) is 8.96. The first-order valence-electron chi connectivity index (χ1n) is 9.67. The summed E-state index contributed by atoms with van der Waals surface area (Å²) in [6.07, 6.45) is 0.726. The van der Waals surface area contributed by atoms with Crippen LogP contribution in [0.5, 0.6) is 0 Å². The predicted molar refractivity (Wildman–Crippen MR) is 95.5 cm³/mol. The third-order valence-corrected chi connectivity index (χ3v) is 5.78. The lowest BCUT2D eigenvalue weighted by Crippen LogP contribution is -2.60. The van der Waals surface area contributed by atoms with Crippen molar-refractivity contribution in [2.45, 2.75) is 76.8 Å². The van der Waals surface area contributed by atoms with Gasteiger partial charge in [-0.25, -0.2) is 0 Å². The molecule has 3 saturated heterocycles. The number of nitrogens with zero attached hydrogens (tertiary/aromatic N) is 1. The minimum atomic E-state index is -1.04. The van der Waals surface area contributed by atoms with Crippen molar-refractivity contribution in [3.63, 3.8) is 0 Å². The molecule has 3 rings (SSSR count). The summed E-state index contributed by atoms with van der Waals surface area (Å²) in [7, 11) is 0. The molecule has 3 fully saturated rings. The van der Waals surface area contributed by atoms with Crippen LogP contribution in [0.3, 0.4) is 0 Å². The molecule has 6 atom stereocenters. The minimum absolute atomic E-state index is 0.223. The van der Waals surface area contributed by atoms with E-state index in [1.807, 2.05) is 20.8 Å². The Hall–Kier alpha value is -1.67. The standard InChI is InChI=1S/C19H30N2O6/c1-6-26-17(25)12-11-7-8-19(27-11)13(12)16(24)21(10(2)9-22)14(19)15(23)20-18(3,4)5/h10-14,22H,6-9H2,1-5H3,(H,20,23)/t10-,11+,12-,13+,14?,19?/m1/s1. The smallest absolute Gasteiger partial charge is 0.312 e. The Balaban J connectivity index is 2.02. The molecule has 0 aromatic rings. The first kappa shape index (κ1) is 20.1. The third kappa shape index (κ3) is 3.02. The van der Waals surface area contributed by atoms with Crippen molar-refractivity contribution in [1.82, 2.24) is 10.2 Å². The molecule has 27 heavy (non-hydrogen) atoms. The summed E-state index contributed by atoms with van der Waals surface area (Å²) >= 11 is 0. The molecule has 1 spiro atoms. The summed E-state index contributed by atoms with van der Waals surface area (Å²) in [5, 5.41) is 12.6. The second-order valence-corrected chi connectivity index (χ2v) is 8.82. The average Bonchev–Trinajstić information content (AvgIpc) is 3.20. The number of esters is 1. The van der Waals surface area contributed by atoms with E-state index in [9.17, 15) is 19.5 Å². The Morgan fingerprint density at radius 2 is 2.11 bits per heavy atom. The van der Waals surface area contributed by atoms with Crippen LogP contribution in [0.25, 0.3) is 0 Å². The first-order chi connectivity index (χ1) is 12.6. The van der Waals surface area contributed by atoms with Crippen molar-refractivity contribution >= 4 is 17.8 Å². The highest BCUT2D eigenvalue weighted by Gasteiger charge is 2.75. The fourth-order valence-electron chi connectivity index (χ4n) is 4.90. The number of likely N-dealkylation sites (tertiary alicyclic amines) is 1. The first-order valence-corrected chi connectivity index (χ1v) is 9.67. The lowest BCUT2D eigenvalue weighted by atomic mass is 9.70. The minimum Gasteiger partial charge on any atom is -0.466 e. The summed E-state index contributed by atoms with van der Waals surface area (Å²) < 4.78 is 11.4. The van der Waals surface area contributed by atoms with Gasteiger partial charge in [0, 0.05) is 5.54 Å². The fraction of sp³-hybridized carbons (Fsp3) is 0.842. The van der Waals surface area contributed by atoms with E-state index in [1.54, 1.807) is 13.8 Å². The Labute approximate surface area is 159 Å². The number of carbonyl (C=O) groups is 3. The summed E-state index contributed by atoms with van der Waals surface area (Å²) in [5.74, 6) is -2.53. The number of fused-ring (bicyclic) bond motifs is 1. The second-order valence-electron chi connectivity index (χ2n) is 8.82. The van der Waals surface area contributed by atoms with E-state index in [2.05, 4.69) is 5.32 Å². The Kier molecular flexibility index (Phi) is 5.01. The quantitative estimate of drug-likeness (QED) is 0.659. The average molecular weight is 382 g/mol. The van der Waals surface area contributed by atoms with Crippen LogP contribution in [0, 0.1) is 11.8 Å². The molecule has 0 aliphatic carbocycles. The molecule has 2 N–H and O–H groups in total. The van der Waals surface area contributed by atoms with Gasteiger partial charge in [0.25, 0.3) is 0 Å². The molecule has 3 aliphatic rings. The molecular formula is C19H30N2O6. The highest BCUT2D eigenvalue weighted by molar-refractivity contribution is 5.98. The molecule has 8 heteroatoms. The van der Waals surface area contributed by atoms with Gasteiger partial charge in [-0.1, -0.05) is 0 Å². The number of aliphatic hydroxyl groups is 1. The lowest BCUT2D eigenvalue weighted by molar-refractivity contribution is -0.155. The summed E-state index contributed by atoms with van der Waals surface area (Å²) in [6, 6.07) is -1.43. The number of carbonyl (C=O) groups excluding carboxylic acids is 3. The van der Waals surface area contributed by atoms with Gasteiger partial charge in [0.1, 0.15) is 11.6 Å². The van der Waals surface area contributed by atoms with Crippen LogP contribution in [0.1, 0.15) is 47.5 Å². The van der Waals surface area contributed by atoms with Crippen molar-refractivity contribution in [1.29, 1.82) is 0 Å². The van der Waals surface area contributed by atoms with Gasteiger partial charge in [-0.15, -0.1) is 0 Å². The van der Waals surface area contributed by atoms with Crippen LogP contribution in [-0.2, 0) is 23.9 Å². The largest absolute Gasteiger partial charge is 0.466 e. The van der Waals surface area contributed by atoms with E-state index in [1.165, 1.54) is 4.90 Å². The highest BCUT2D eigenvalue weighted by atomic mass is 16.6. The third-order valence-electron chi connectivity index (χ3n) is 5.78. The van der Waals surface area contributed by atoms with Crippen molar-refractivity contribution in [3.8, 4) is 0 Å². The number of aliphatic hydroxyl groups excluding tert-OH is 1. The second kappa shape index (κ2) is 6.74. The normalized spacial score (nSPS) is 35.9. The number of amides is 2. The number of hydrogen-bond acceptors (Lipinski definition) is 6. The fourth-order valence-corrected chi connectivity index (χ4v) is 4.90. The van der Waals surface area contributed by atoms with Gasteiger partial charge >= 0.3 is 5.97 Å². The van der Waals surface area contributed by atoms with Crippen molar-refractivity contribution in [2.24, 2.45) is 11.8 Å². The van der Waals surface area contributed by atoms with Crippen molar-refractivity contribution in [3.05, 3.63) is 0 Å². The summed E-state index contributed by atoms with van der Waals surface area (Å²) in [4.78, 5) is 40.5. The van der Waals surface area contributed by atoms with E-state index in [-0.39, 0.29) is 25.0 Å². The van der Waals surface area contributed by atoms with E-state index >= 15 is 0 Å². The van der Waals surface area contributed by atoms with Gasteiger partial charge in [-0.05, 0) is 47.5 Å². The summed E-state index contributed by atoms with van der Waals surface area (Å²) in [5.41, 5.74) is -1.53. The molecule has 3 aliphatic heterocycles. The zero-order chi connectivity index (χ0) is 20.1. The van der Waals surface area contributed by atoms with Gasteiger partial charge in [0.2, 0.25) is 11.8 Å². The van der Waals surface area contributed by atoms with Crippen LogP contribution in [0.2, 0.25) is 0 Å². The zero-order valence-corrected chi connectivity index (χ0v) is 16.7. The maximum absolute atomic E-state index is 13.3. The van der Waals surface area contributed by atoms with Gasteiger partial charge in [0.05, 0.1) is 37.2 Å². The Bertz CT molecular complexity index is 645. The molecule has 0 saturated carbocycles. The van der Waals surface area contributed by atoms with Crippen LogP contribution >= 0.6 is 0 Å². The molecule has 2 bridgehead atoms. The van der Waals surface area contributed by atoms with Gasteiger partial charge in [-0.3, -0.25) is 14.4 Å². The van der Waals surface area contributed by atoms with Crippen LogP contribution in [0.15, 0.2) is 0 Å². The molecule has 0 aromatic carbocycles. The molecule has 3 heterocycles. The van der Waals surface area contributed by atoms with Crippen LogP contribution < -0.4 is 5.32 Å². The molecular weight excluding hydrogens is 352 g/mol. The molecule has 152 valence electrons. The maximum atomic E-state index is 13.3. The predicted octanol–water partition coefficient (Wildman–Crippen LogP) is 0.220. The van der Waals surface area contributed by atoms with Crippen LogP contribution in [-0.4, -0.2) is 70.3 Å².